The van der Waals surface area contributed by atoms with Crippen LogP contribution in [0.15, 0.2) is 17.5 Å². The average Bonchev–Trinajstić information content (AvgIpc) is 2.51. The molecule has 0 aliphatic rings. The van der Waals surface area contributed by atoms with Gasteiger partial charge < -0.3 is 10.8 Å². The fourth-order valence-corrected chi connectivity index (χ4v) is 1.45. The second kappa shape index (κ2) is 4.23. The zero-order chi connectivity index (χ0) is 8.97. The number of nitrogens with two attached hydrogens (primary N) is 1. The number of carbonyl (C=O) groups excluding carboxylic acids is 1. The van der Waals surface area contributed by atoms with Gasteiger partial charge in [-0.1, -0.05) is 6.07 Å². The average molecular weight is 184 g/mol. The molecule has 0 aromatic carbocycles. The zero-order valence-electron chi connectivity index (χ0n) is 6.43. The monoisotopic (exact) mass is 184 g/mol. The summed E-state index contributed by atoms with van der Waals surface area (Å²) in [6.45, 7) is 0. The number of hydrogen-bond acceptors (Lipinski definition) is 3. The summed E-state index contributed by atoms with van der Waals surface area (Å²) in [5.41, 5.74) is 4.86. The summed E-state index contributed by atoms with van der Waals surface area (Å²) in [4.78, 5) is 11.5. The molecule has 0 bridgehead atoms. The lowest BCUT2D eigenvalue weighted by atomic mass is 10.2. The maximum Gasteiger partial charge on any atom is 0.246 e. The predicted molar refractivity (Wildman–Crippen MR) is 47.5 cm³/mol. The van der Waals surface area contributed by atoms with Gasteiger partial charge in [0, 0.05) is 11.3 Å². The maximum atomic E-state index is 10.4. The van der Waals surface area contributed by atoms with Crippen molar-refractivity contribution < 1.29 is 9.90 Å². The molecule has 1 unspecified atom stereocenters. The first-order chi connectivity index (χ1) is 5.70. The zero-order valence-corrected chi connectivity index (χ0v) is 7.25. The van der Waals surface area contributed by atoms with Crippen molar-refractivity contribution in [1.82, 2.24) is 0 Å². The highest BCUT2D eigenvalue weighted by Crippen LogP contribution is 2.11. The van der Waals surface area contributed by atoms with E-state index in [-0.39, 0.29) is 0 Å². The molecule has 4 heteroatoms. The number of amides is 1. The number of thiophene rings is 1. The minimum absolute atomic E-state index is 0.585. The molecule has 0 fully saturated rings. The van der Waals surface area contributed by atoms with Crippen LogP contribution in [0.1, 0.15) is 4.88 Å². The van der Waals surface area contributed by atoms with Crippen molar-refractivity contribution in [3.8, 4) is 0 Å². The van der Waals surface area contributed by atoms with E-state index in [1.54, 1.807) is 11.3 Å². The van der Waals surface area contributed by atoms with Crippen LogP contribution < -0.4 is 5.73 Å². The van der Waals surface area contributed by atoms with Crippen molar-refractivity contribution in [3.05, 3.63) is 28.8 Å². The lowest BCUT2D eigenvalue weighted by Gasteiger charge is -2.03. The van der Waals surface area contributed by atoms with E-state index in [1.807, 2.05) is 17.5 Å². The molecular weight excluding hydrogens is 174 g/mol. The Morgan fingerprint density at radius 1 is 1.83 bits per heavy atom. The van der Waals surface area contributed by atoms with Crippen LogP contribution in [0.3, 0.4) is 0 Å². The molecule has 0 saturated carbocycles. The van der Waals surface area contributed by atoms with E-state index >= 15 is 0 Å². The van der Waals surface area contributed by atoms with Gasteiger partial charge in [0.1, 0.15) is 6.10 Å². The second-order valence-corrected chi connectivity index (χ2v) is 3.40. The molecule has 1 aromatic rings. The molecule has 65 valence electrons. The Kier molecular flexibility index (Phi) is 3.25. The molecule has 3 nitrogen and oxygen atoms in total. The van der Waals surface area contributed by atoms with Crippen molar-refractivity contribution in [3.63, 3.8) is 0 Å². The fraction of sp³-hybridized carbons (Fsp3) is 0.250. The molecule has 3 N–H and O–H groups in total. The van der Waals surface area contributed by atoms with Crippen molar-refractivity contribution in [2.75, 3.05) is 0 Å². The third-order valence-electron chi connectivity index (χ3n) is 1.41. The van der Waals surface area contributed by atoms with Crippen LogP contribution >= 0.6 is 11.3 Å². The van der Waals surface area contributed by atoms with E-state index in [0.29, 0.717) is 6.42 Å². The first-order valence-electron chi connectivity index (χ1n) is 3.53. The molecule has 0 saturated heterocycles. The molecule has 0 aliphatic heterocycles. The first kappa shape index (κ1) is 9.22. The molecular formula is C8H10NO2S. The van der Waals surface area contributed by atoms with Crippen molar-refractivity contribution >= 4 is 17.2 Å². The van der Waals surface area contributed by atoms with Gasteiger partial charge in [0.25, 0.3) is 0 Å². The third-order valence-corrected chi connectivity index (χ3v) is 2.31. The van der Waals surface area contributed by atoms with Gasteiger partial charge in [-0.15, -0.1) is 11.3 Å². The van der Waals surface area contributed by atoms with Crippen molar-refractivity contribution in [1.29, 1.82) is 0 Å². The van der Waals surface area contributed by atoms with Crippen LogP contribution in [0.2, 0.25) is 0 Å². The summed E-state index contributed by atoms with van der Waals surface area (Å²) in [6, 6.07) is 3.86. The van der Waals surface area contributed by atoms with Gasteiger partial charge in [0.05, 0.1) is 0 Å². The van der Waals surface area contributed by atoms with Gasteiger partial charge >= 0.3 is 0 Å². The van der Waals surface area contributed by atoms with Crippen molar-refractivity contribution in [2.24, 2.45) is 5.73 Å². The van der Waals surface area contributed by atoms with Crippen LogP contribution in [-0.4, -0.2) is 17.1 Å². The molecule has 1 radical (unpaired) electrons. The Labute approximate surface area is 74.8 Å². The third kappa shape index (κ3) is 2.64. The molecule has 1 rings (SSSR count). The van der Waals surface area contributed by atoms with Gasteiger partial charge in [0.15, 0.2) is 0 Å². The number of aliphatic hydroxyl groups excluding tert-OH is 1. The maximum absolute atomic E-state index is 10.4. The fourth-order valence-electron chi connectivity index (χ4n) is 0.773. The standard InChI is InChI=1S/C8H10NO2S/c9-8(11)7(10)4-3-6-2-1-5-12-6/h1-2,4-5,7,10H,3H2,(H2,9,11). The smallest absolute Gasteiger partial charge is 0.246 e. The van der Waals surface area contributed by atoms with Gasteiger partial charge in [0.2, 0.25) is 5.91 Å². The van der Waals surface area contributed by atoms with Gasteiger partial charge in [-0.2, -0.15) is 0 Å². The van der Waals surface area contributed by atoms with Crippen LogP contribution in [0.5, 0.6) is 0 Å². The molecule has 1 amide bonds. The molecule has 0 aliphatic carbocycles. The summed E-state index contributed by atoms with van der Waals surface area (Å²) < 4.78 is 0. The van der Waals surface area contributed by atoms with E-state index in [0.717, 1.165) is 4.88 Å². The number of hydrogen-bond donors (Lipinski definition) is 2. The Bertz CT molecular complexity index is 246. The van der Waals surface area contributed by atoms with Gasteiger partial charge in [-0.05, 0) is 17.9 Å². The highest BCUT2D eigenvalue weighted by molar-refractivity contribution is 7.09. The molecule has 12 heavy (non-hydrogen) atoms. The lowest BCUT2D eigenvalue weighted by Crippen LogP contribution is -2.28. The summed E-state index contributed by atoms with van der Waals surface area (Å²) in [5, 5.41) is 10.9. The number of rotatable bonds is 4. The predicted octanol–water partition coefficient (Wildman–Crippen LogP) is 0.341. The van der Waals surface area contributed by atoms with E-state index < -0.39 is 12.0 Å². The van der Waals surface area contributed by atoms with Crippen LogP contribution in [0, 0.1) is 6.42 Å². The van der Waals surface area contributed by atoms with Gasteiger partial charge in [-0.25, -0.2) is 0 Å². The van der Waals surface area contributed by atoms with E-state index in [1.165, 1.54) is 6.42 Å². The molecule has 1 aromatic heterocycles. The minimum atomic E-state index is -1.13. The Morgan fingerprint density at radius 3 is 3.08 bits per heavy atom. The van der Waals surface area contributed by atoms with E-state index in [2.05, 4.69) is 0 Å². The second-order valence-electron chi connectivity index (χ2n) is 2.37. The Morgan fingerprint density at radius 2 is 2.58 bits per heavy atom. The number of primary amides is 1. The SMILES string of the molecule is NC(=O)C(O)[CH]Cc1cccs1. The molecule has 1 atom stereocenters. The first-order valence-corrected chi connectivity index (χ1v) is 4.41. The molecule has 1 heterocycles. The summed E-state index contributed by atoms with van der Waals surface area (Å²) in [7, 11) is 0. The van der Waals surface area contributed by atoms with Crippen LogP contribution in [0.25, 0.3) is 0 Å². The highest BCUT2D eigenvalue weighted by atomic mass is 32.1. The summed E-state index contributed by atoms with van der Waals surface area (Å²) in [6.07, 6.45) is 0.947. The van der Waals surface area contributed by atoms with Gasteiger partial charge in [-0.3, -0.25) is 4.79 Å². The lowest BCUT2D eigenvalue weighted by molar-refractivity contribution is -0.124. The normalized spacial score (nSPS) is 12.8. The summed E-state index contributed by atoms with van der Waals surface area (Å²) >= 11 is 1.58. The summed E-state index contributed by atoms with van der Waals surface area (Å²) in [5.74, 6) is -0.702. The largest absolute Gasteiger partial charge is 0.383 e. The van der Waals surface area contributed by atoms with Crippen LogP contribution in [0.4, 0.5) is 0 Å². The van der Waals surface area contributed by atoms with E-state index in [9.17, 15) is 4.79 Å². The number of aliphatic hydroxyl groups is 1. The van der Waals surface area contributed by atoms with E-state index in [4.69, 9.17) is 10.8 Å². The minimum Gasteiger partial charge on any atom is -0.383 e. The van der Waals surface area contributed by atoms with Crippen LogP contribution in [-0.2, 0) is 11.2 Å². The Hall–Kier alpha value is -0.870. The number of carbonyl (C=O) groups is 1. The Balaban J connectivity index is 2.31. The quantitative estimate of drug-likeness (QED) is 0.708. The highest BCUT2D eigenvalue weighted by Gasteiger charge is 2.10. The van der Waals surface area contributed by atoms with Crippen molar-refractivity contribution in [2.45, 2.75) is 12.5 Å². The molecule has 0 spiro atoms. The topological polar surface area (TPSA) is 63.3 Å².